The molecule has 0 fully saturated rings. The summed E-state index contributed by atoms with van der Waals surface area (Å²) in [6.07, 6.45) is 0.995. The Morgan fingerprint density at radius 2 is 0.917 bits per heavy atom. The van der Waals surface area contributed by atoms with Gasteiger partial charge in [0.2, 0.25) is 0 Å². The van der Waals surface area contributed by atoms with E-state index in [1.54, 1.807) is 27.7 Å². The summed E-state index contributed by atoms with van der Waals surface area (Å²) in [5.41, 5.74) is 9.62. The summed E-state index contributed by atoms with van der Waals surface area (Å²) < 4.78 is 10.4. The third kappa shape index (κ3) is 9.23. The summed E-state index contributed by atoms with van der Waals surface area (Å²) >= 11 is 0. The van der Waals surface area contributed by atoms with Gasteiger partial charge in [-0.15, -0.1) is 0 Å². The van der Waals surface area contributed by atoms with E-state index in [9.17, 15) is 9.59 Å². The van der Waals surface area contributed by atoms with E-state index in [1.165, 1.54) is 0 Å². The molecule has 0 rings (SSSR count). The molecule has 0 saturated carbocycles. The largest absolute Gasteiger partial charge is 0.462 e. The van der Waals surface area contributed by atoms with Gasteiger partial charge in [-0.3, -0.25) is 9.59 Å². The number of carbonyl (C=O) groups is 2. The molecule has 0 aliphatic carbocycles. The van der Waals surface area contributed by atoms with E-state index in [0.717, 1.165) is 0 Å². The van der Waals surface area contributed by atoms with Crippen molar-refractivity contribution in [3.8, 4) is 0 Å². The van der Waals surface area contributed by atoms with Crippen LogP contribution in [-0.2, 0) is 19.1 Å². The van der Waals surface area contributed by atoms with Gasteiger partial charge in [0, 0.05) is 11.1 Å². The fraction of sp³-hybridized carbons (Fsp3) is 0.889. The van der Waals surface area contributed by atoms with Crippen LogP contribution >= 0.6 is 0 Å². The molecule has 0 aromatic rings. The monoisotopic (exact) mass is 344 g/mol. The average molecular weight is 344 g/mol. The normalized spacial score (nSPS) is 13.6. The van der Waals surface area contributed by atoms with E-state index in [-0.39, 0.29) is 25.2 Å². The minimum atomic E-state index is -0.689. The van der Waals surface area contributed by atoms with E-state index in [4.69, 9.17) is 20.9 Å². The Bertz CT molecular complexity index is 401. The second-order valence-corrected chi connectivity index (χ2v) is 9.37. The third-order valence-corrected chi connectivity index (χ3v) is 3.45. The van der Waals surface area contributed by atoms with Crippen LogP contribution in [0.25, 0.3) is 0 Å². The van der Waals surface area contributed by atoms with Crippen LogP contribution < -0.4 is 11.5 Å². The molecule has 0 heterocycles. The average Bonchev–Trinajstić information content (AvgIpc) is 2.27. The van der Waals surface area contributed by atoms with Gasteiger partial charge in [-0.25, -0.2) is 0 Å². The maximum absolute atomic E-state index is 12.1. The third-order valence-electron chi connectivity index (χ3n) is 3.45. The molecule has 6 heteroatoms. The number of rotatable bonds is 9. The lowest BCUT2D eigenvalue weighted by atomic mass is 9.80. The second-order valence-electron chi connectivity index (χ2n) is 9.37. The van der Waals surface area contributed by atoms with Crippen molar-refractivity contribution < 1.29 is 19.1 Å². The summed E-state index contributed by atoms with van der Waals surface area (Å²) in [6.45, 7) is 14.7. The predicted molar refractivity (Wildman–Crippen MR) is 95.2 cm³/mol. The quantitative estimate of drug-likeness (QED) is 0.491. The molecule has 0 atom stereocenters. The minimum Gasteiger partial charge on any atom is -0.462 e. The molecule has 0 saturated heterocycles. The summed E-state index contributed by atoms with van der Waals surface area (Å²) in [4.78, 5) is 24.3. The van der Waals surface area contributed by atoms with Gasteiger partial charge in [0.1, 0.15) is 13.2 Å². The van der Waals surface area contributed by atoms with Crippen molar-refractivity contribution in [2.45, 2.75) is 79.3 Å². The van der Waals surface area contributed by atoms with E-state index in [2.05, 4.69) is 0 Å². The van der Waals surface area contributed by atoms with Crippen molar-refractivity contribution in [1.29, 1.82) is 0 Å². The summed E-state index contributed by atoms with van der Waals surface area (Å²) in [7, 11) is 0. The van der Waals surface area contributed by atoms with Gasteiger partial charge >= 0.3 is 11.9 Å². The molecule has 0 spiro atoms. The van der Waals surface area contributed by atoms with E-state index < -0.39 is 21.9 Å². The highest BCUT2D eigenvalue weighted by atomic mass is 16.6. The summed E-state index contributed by atoms with van der Waals surface area (Å²) in [5, 5.41) is 0. The highest BCUT2D eigenvalue weighted by Crippen LogP contribution is 2.29. The number of esters is 2. The molecule has 142 valence electrons. The fourth-order valence-electron chi connectivity index (χ4n) is 3.08. The SMILES string of the molecule is CC(C)(N)CC(C)(C)C(=O)OCCOC(=O)C(C)(C)CC(C)(C)N. The highest BCUT2D eigenvalue weighted by Gasteiger charge is 2.35. The number of hydrogen-bond acceptors (Lipinski definition) is 6. The molecule has 0 unspecified atom stereocenters. The highest BCUT2D eigenvalue weighted by molar-refractivity contribution is 5.77. The zero-order valence-electron chi connectivity index (χ0n) is 16.6. The maximum atomic E-state index is 12.1. The van der Waals surface area contributed by atoms with Crippen LogP contribution in [0.4, 0.5) is 0 Å². The molecule has 24 heavy (non-hydrogen) atoms. The summed E-state index contributed by atoms with van der Waals surface area (Å²) in [5.74, 6) is -0.696. The van der Waals surface area contributed by atoms with Crippen LogP contribution in [-0.4, -0.2) is 36.2 Å². The van der Waals surface area contributed by atoms with Gasteiger partial charge < -0.3 is 20.9 Å². The van der Waals surface area contributed by atoms with Crippen molar-refractivity contribution >= 4 is 11.9 Å². The van der Waals surface area contributed by atoms with Crippen molar-refractivity contribution in [2.75, 3.05) is 13.2 Å². The first-order valence-electron chi connectivity index (χ1n) is 8.39. The number of hydrogen-bond donors (Lipinski definition) is 2. The van der Waals surface area contributed by atoms with Gasteiger partial charge in [-0.2, -0.15) is 0 Å². The van der Waals surface area contributed by atoms with Crippen LogP contribution in [0, 0.1) is 10.8 Å². The maximum Gasteiger partial charge on any atom is 0.311 e. The van der Waals surface area contributed by atoms with Gasteiger partial charge in [0.05, 0.1) is 10.8 Å². The van der Waals surface area contributed by atoms with E-state index in [0.29, 0.717) is 12.8 Å². The Balaban J connectivity index is 4.35. The first kappa shape index (κ1) is 22.9. The van der Waals surface area contributed by atoms with Crippen molar-refractivity contribution in [2.24, 2.45) is 22.3 Å². The fourth-order valence-corrected chi connectivity index (χ4v) is 3.08. The van der Waals surface area contributed by atoms with Gasteiger partial charge in [-0.05, 0) is 68.2 Å². The molecule has 0 aliphatic rings. The topological polar surface area (TPSA) is 105 Å². The molecule has 0 amide bonds. The first-order chi connectivity index (χ1) is 10.5. The van der Waals surface area contributed by atoms with Gasteiger partial charge in [-0.1, -0.05) is 0 Å². The van der Waals surface area contributed by atoms with Crippen LogP contribution in [0.2, 0.25) is 0 Å². The minimum absolute atomic E-state index is 0.0289. The van der Waals surface area contributed by atoms with Crippen LogP contribution in [0.3, 0.4) is 0 Å². The number of nitrogens with two attached hydrogens (primary N) is 2. The lowest BCUT2D eigenvalue weighted by molar-refractivity contribution is -0.164. The Kier molecular flexibility index (Phi) is 7.46. The van der Waals surface area contributed by atoms with Crippen LogP contribution in [0.5, 0.6) is 0 Å². The van der Waals surface area contributed by atoms with Crippen molar-refractivity contribution in [3.05, 3.63) is 0 Å². The zero-order valence-corrected chi connectivity index (χ0v) is 16.6. The second kappa shape index (κ2) is 7.83. The molecular formula is C18H36N2O4. The molecule has 0 aliphatic heterocycles. The zero-order chi connectivity index (χ0) is 19.4. The van der Waals surface area contributed by atoms with Crippen LogP contribution in [0.1, 0.15) is 68.2 Å². The smallest absolute Gasteiger partial charge is 0.311 e. The van der Waals surface area contributed by atoms with Crippen molar-refractivity contribution in [3.63, 3.8) is 0 Å². The van der Waals surface area contributed by atoms with Gasteiger partial charge in [0.25, 0.3) is 0 Å². The molecular weight excluding hydrogens is 308 g/mol. The van der Waals surface area contributed by atoms with Crippen molar-refractivity contribution in [1.82, 2.24) is 0 Å². The standard InChI is InChI=1S/C18H36N2O4/c1-15(2,11-17(5,6)19)13(21)23-9-10-24-14(22)16(3,4)12-18(7,8)20/h9-12,19-20H2,1-8H3. The molecule has 4 N–H and O–H groups in total. The lowest BCUT2D eigenvalue weighted by Gasteiger charge is -2.31. The first-order valence-corrected chi connectivity index (χ1v) is 8.39. The van der Waals surface area contributed by atoms with Gasteiger partial charge in [0.15, 0.2) is 0 Å². The Labute approximate surface area is 146 Å². The van der Waals surface area contributed by atoms with Crippen LogP contribution in [0.15, 0.2) is 0 Å². The molecule has 0 radical (unpaired) electrons. The Hall–Kier alpha value is -1.14. The van der Waals surface area contributed by atoms with E-state index in [1.807, 2.05) is 27.7 Å². The molecule has 6 nitrogen and oxygen atoms in total. The molecule has 0 bridgehead atoms. The molecule has 0 aromatic carbocycles. The summed E-state index contributed by atoms with van der Waals surface area (Å²) in [6, 6.07) is 0. The predicted octanol–water partition coefficient (Wildman–Crippen LogP) is 2.38. The number of carbonyl (C=O) groups excluding carboxylic acids is 2. The molecule has 0 aromatic heterocycles. The Morgan fingerprint density at radius 1 is 0.667 bits per heavy atom. The number of ether oxygens (including phenoxy) is 2. The Morgan fingerprint density at radius 3 is 1.12 bits per heavy atom. The lowest BCUT2D eigenvalue weighted by Crippen LogP contribution is -2.42. The van der Waals surface area contributed by atoms with E-state index >= 15 is 0 Å².